The van der Waals surface area contributed by atoms with Gasteiger partial charge >= 0.3 is 5.76 Å². The van der Waals surface area contributed by atoms with E-state index in [0.29, 0.717) is 20.8 Å². The highest BCUT2D eigenvalue weighted by molar-refractivity contribution is 9.09. The monoisotopic (exact) mass is 405 g/mol. The number of hydrogen-bond acceptors (Lipinski definition) is 3. The summed E-state index contributed by atoms with van der Waals surface area (Å²) in [5.74, 6) is -0.340. The Labute approximate surface area is 143 Å². The number of thiophene rings is 1. The molecule has 0 radical (unpaired) electrons. The van der Waals surface area contributed by atoms with Crippen molar-refractivity contribution in [1.82, 2.24) is 4.57 Å². The molecular weight excluding hydrogens is 397 g/mol. The van der Waals surface area contributed by atoms with Crippen LogP contribution in [0.15, 0.2) is 33.5 Å². The molecule has 21 heavy (non-hydrogen) atoms. The maximum absolute atomic E-state index is 11.7. The minimum Gasteiger partial charge on any atom is -0.408 e. The molecule has 7 heteroatoms. The Morgan fingerprint density at radius 2 is 2.14 bits per heavy atom. The second-order valence-electron chi connectivity index (χ2n) is 4.48. The number of alkyl halides is 1. The molecule has 3 aromatic rings. The van der Waals surface area contributed by atoms with Gasteiger partial charge in [-0.1, -0.05) is 45.2 Å². The van der Waals surface area contributed by atoms with Crippen molar-refractivity contribution in [3.63, 3.8) is 0 Å². The molecule has 0 N–H and O–H groups in total. The van der Waals surface area contributed by atoms with E-state index in [4.69, 9.17) is 27.6 Å². The van der Waals surface area contributed by atoms with Crippen LogP contribution in [0.1, 0.15) is 22.9 Å². The summed E-state index contributed by atoms with van der Waals surface area (Å²) in [5.41, 5.74) is 3.22. The molecule has 0 saturated heterocycles. The van der Waals surface area contributed by atoms with E-state index in [9.17, 15) is 4.79 Å². The van der Waals surface area contributed by atoms with Gasteiger partial charge in [-0.05, 0) is 30.7 Å². The van der Waals surface area contributed by atoms with E-state index in [1.807, 2.05) is 31.2 Å². The zero-order valence-corrected chi connectivity index (χ0v) is 14.8. The van der Waals surface area contributed by atoms with Gasteiger partial charge in [-0.2, -0.15) is 0 Å². The maximum Gasteiger partial charge on any atom is 0.419 e. The molecule has 1 aromatic carbocycles. The van der Waals surface area contributed by atoms with Gasteiger partial charge in [-0.3, -0.25) is 4.57 Å². The number of nitrogens with zero attached hydrogens (tertiary/aromatic N) is 1. The minimum atomic E-state index is -0.340. The summed E-state index contributed by atoms with van der Waals surface area (Å²) < 4.78 is 8.17. The third-order valence-electron chi connectivity index (χ3n) is 3.26. The molecule has 3 rings (SSSR count). The zero-order chi connectivity index (χ0) is 15.1. The number of benzene rings is 1. The average Bonchev–Trinajstić information content (AvgIpc) is 2.95. The van der Waals surface area contributed by atoms with Crippen LogP contribution in [0.2, 0.25) is 8.67 Å². The first-order valence-corrected chi connectivity index (χ1v) is 8.72. The Morgan fingerprint density at radius 3 is 2.76 bits per heavy atom. The molecular formula is C14H10BrCl2NO2S. The van der Waals surface area contributed by atoms with E-state index in [2.05, 4.69) is 15.9 Å². The molecule has 1 unspecified atom stereocenters. The number of rotatable bonds is 3. The molecule has 0 aliphatic rings. The van der Waals surface area contributed by atoms with Crippen LogP contribution in [0.3, 0.4) is 0 Å². The Bertz CT molecular complexity index is 868. The van der Waals surface area contributed by atoms with Crippen LogP contribution in [0.5, 0.6) is 0 Å². The second-order valence-corrected chi connectivity index (χ2v) is 7.68. The predicted molar refractivity (Wildman–Crippen MR) is 91.3 cm³/mol. The molecule has 0 amide bonds. The Morgan fingerprint density at radius 1 is 1.38 bits per heavy atom. The van der Waals surface area contributed by atoms with E-state index in [-0.39, 0.29) is 10.6 Å². The summed E-state index contributed by atoms with van der Waals surface area (Å²) in [6, 6.07) is 7.52. The highest BCUT2D eigenvalue weighted by Crippen LogP contribution is 2.42. The summed E-state index contributed by atoms with van der Waals surface area (Å²) in [5, 5.41) is 0. The molecule has 0 aliphatic heterocycles. The van der Waals surface area contributed by atoms with Crippen molar-refractivity contribution in [2.45, 2.75) is 18.3 Å². The fourth-order valence-corrected chi connectivity index (χ4v) is 4.71. The van der Waals surface area contributed by atoms with Crippen LogP contribution in [0.25, 0.3) is 11.1 Å². The molecule has 0 aliphatic carbocycles. The predicted octanol–water partition coefficient (Wildman–Crippen LogP) is 5.47. The Hall–Kier alpha value is -0.750. The van der Waals surface area contributed by atoms with E-state index in [1.165, 1.54) is 11.3 Å². The largest absolute Gasteiger partial charge is 0.419 e. The first-order chi connectivity index (χ1) is 10.0. The van der Waals surface area contributed by atoms with Gasteiger partial charge in [-0.15, -0.1) is 11.3 Å². The third kappa shape index (κ3) is 2.68. The van der Waals surface area contributed by atoms with Gasteiger partial charge < -0.3 is 4.42 Å². The molecule has 0 saturated carbocycles. The highest BCUT2D eigenvalue weighted by Gasteiger charge is 2.18. The normalized spacial score (nSPS) is 13.0. The molecule has 0 spiro atoms. The molecule has 1 atom stereocenters. The minimum absolute atomic E-state index is 0.103. The average molecular weight is 407 g/mol. The quantitative estimate of drug-likeness (QED) is 0.540. The number of aromatic nitrogens is 1. The lowest BCUT2D eigenvalue weighted by atomic mass is 10.1. The van der Waals surface area contributed by atoms with E-state index < -0.39 is 0 Å². The molecule has 2 aromatic heterocycles. The van der Waals surface area contributed by atoms with Gasteiger partial charge in [0.1, 0.15) is 0 Å². The lowest BCUT2D eigenvalue weighted by molar-refractivity contribution is 0.513. The smallest absolute Gasteiger partial charge is 0.408 e. The van der Waals surface area contributed by atoms with Gasteiger partial charge in [0.25, 0.3) is 0 Å². The lowest BCUT2D eigenvalue weighted by Gasteiger charge is -2.09. The van der Waals surface area contributed by atoms with Gasteiger partial charge in [0.2, 0.25) is 0 Å². The van der Waals surface area contributed by atoms with E-state index in [1.54, 1.807) is 4.57 Å². The summed E-state index contributed by atoms with van der Waals surface area (Å²) in [7, 11) is 0. The highest BCUT2D eigenvalue weighted by atomic mass is 79.9. The number of aryl methyl sites for hydroxylation is 1. The Balaban J connectivity index is 2.09. The molecule has 0 fully saturated rings. The van der Waals surface area contributed by atoms with Crippen LogP contribution in [-0.2, 0) is 6.54 Å². The van der Waals surface area contributed by atoms with Crippen molar-refractivity contribution in [1.29, 1.82) is 0 Å². The number of halogens is 3. The molecule has 110 valence electrons. The first-order valence-electron chi connectivity index (χ1n) is 6.23. The fraction of sp³-hybridized carbons (Fsp3) is 0.214. The van der Waals surface area contributed by atoms with Crippen molar-refractivity contribution in [2.24, 2.45) is 0 Å². The summed E-state index contributed by atoms with van der Waals surface area (Å²) in [4.78, 5) is 11.6. The summed E-state index contributed by atoms with van der Waals surface area (Å²) in [6.45, 7) is 2.49. The summed E-state index contributed by atoms with van der Waals surface area (Å²) in [6.07, 6.45) is 0. The van der Waals surface area contributed by atoms with Gasteiger partial charge in [0.15, 0.2) is 5.58 Å². The van der Waals surface area contributed by atoms with Crippen LogP contribution >= 0.6 is 50.5 Å². The van der Waals surface area contributed by atoms with Crippen LogP contribution < -0.4 is 5.76 Å². The van der Waals surface area contributed by atoms with Gasteiger partial charge in [0.05, 0.1) is 19.0 Å². The molecule has 2 heterocycles. The van der Waals surface area contributed by atoms with Crippen molar-refractivity contribution in [3.05, 3.63) is 54.6 Å². The van der Waals surface area contributed by atoms with Gasteiger partial charge in [-0.25, -0.2) is 4.79 Å². The second kappa shape index (κ2) is 5.80. The van der Waals surface area contributed by atoms with Crippen LogP contribution in [-0.4, -0.2) is 4.57 Å². The van der Waals surface area contributed by atoms with E-state index >= 15 is 0 Å². The number of oxazole rings is 1. The Kier molecular flexibility index (Phi) is 4.19. The maximum atomic E-state index is 11.7. The summed E-state index contributed by atoms with van der Waals surface area (Å²) >= 11 is 17.1. The number of fused-ring (bicyclic) bond motifs is 1. The van der Waals surface area contributed by atoms with Crippen molar-refractivity contribution >= 4 is 61.6 Å². The topological polar surface area (TPSA) is 35.1 Å². The molecule has 0 bridgehead atoms. The van der Waals surface area contributed by atoms with Crippen molar-refractivity contribution in [2.75, 3.05) is 0 Å². The SMILES string of the molecule is CCn1c(=O)oc2cc(C(Br)c3cc(Cl)sc3Cl)ccc21. The lowest BCUT2D eigenvalue weighted by Crippen LogP contribution is -2.11. The zero-order valence-electron chi connectivity index (χ0n) is 10.9. The van der Waals surface area contributed by atoms with Gasteiger partial charge in [0, 0.05) is 12.1 Å². The first kappa shape index (κ1) is 15.2. The van der Waals surface area contributed by atoms with Crippen molar-refractivity contribution < 1.29 is 4.42 Å². The van der Waals surface area contributed by atoms with Crippen LogP contribution in [0, 0.1) is 0 Å². The van der Waals surface area contributed by atoms with E-state index in [0.717, 1.165) is 16.6 Å². The van der Waals surface area contributed by atoms with Crippen molar-refractivity contribution in [3.8, 4) is 0 Å². The van der Waals surface area contributed by atoms with Crippen LogP contribution in [0.4, 0.5) is 0 Å². The third-order valence-corrected chi connectivity index (χ3v) is 5.80. The number of hydrogen-bond donors (Lipinski definition) is 0. The fourth-order valence-electron chi connectivity index (χ4n) is 2.25. The molecule has 3 nitrogen and oxygen atoms in total. The standard InChI is InChI=1S/C14H10BrCl2NO2S/c1-2-18-9-4-3-7(5-10(9)20-14(18)19)12(15)8-6-11(16)21-13(8)17/h3-6,12H,2H2,1H3.